The fraction of sp³-hybridized carbons (Fsp3) is 0.500. The Morgan fingerprint density at radius 1 is 1.20 bits per heavy atom. The number of allylic oxidation sites excluding steroid dienone is 1. The number of hydrogen-bond donors (Lipinski definition) is 1. The normalized spacial score (nSPS) is 23.6. The Morgan fingerprint density at radius 2 is 1.80 bits per heavy atom. The zero-order chi connectivity index (χ0) is 14.5. The van der Waals surface area contributed by atoms with Gasteiger partial charge in [-0.05, 0) is 56.4 Å². The number of hydrogen-bond acceptors (Lipinski definition) is 1. The molecule has 0 bridgehead atoms. The lowest BCUT2D eigenvalue weighted by molar-refractivity contribution is -0.133. The first-order chi connectivity index (χ1) is 9.61. The van der Waals surface area contributed by atoms with Crippen LogP contribution in [0.3, 0.4) is 0 Å². The quantitative estimate of drug-likeness (QED) is 0.807. The molecular weight excluding hydrogens is 248 g/mol. The van der Waals surface area contributed by atoms with Gasteiger partial charge in [0.15, 0.2) is 0 Å². The Labute approximate surface area is 121 Å². The van der Waals surface area contributed by atoms with Gasteiger partial charge in [-0.25, -0.2) is 4.79 Å². The zero-order valence-corrected chi connectivity index (χ0v) is 12.4. The van der Waals surface area contributed by atoms with Crippen molar-refractivity contribution < 1.29 is 9.90 Å². The minimum absolute atomic E-state index is 0.245. The Bertz CT molecular complexity index is 477. The van der Waals surface area contributed by atoms with Gasteiger partial charge in [0, 0.05) is 5.57 Å². The van der Waals surface area contributed by atoms with Crippen molar-refractivity contribution in [1.82, 2.24) is 0 Å². The van der Waals surface area contributed by atoms with Crippen LogP contribution < -0.4 is 0 Å². The number of aryl methyl sites for hydroxylation is 1. The highest BCUT2D eigenvalue weighted by Crippen LogP contribution is 2.38. The van der Waals surface area contributed by atoms with Crippen LogP contribution in [-0.2, 0) is 4.79 Å². The molecule has 1 aliphatic carbocycles. The minimum Gasteiger partial charge on any atom is -0.478 e. The molecule has 1 saturated carbocycles. The van der Waals surface area contributed by atoms with Gasteiger partial charge in [0.2, 0.25) is 0 Å². The summed E-state index contributed by atoms with van der Waals surface area (Å²) < 4.78 is 0. The molecule has 0 unspecified atom stereocenters. The van der Waals surface area contributed by atoms with Crippen LogP contribution in [0.15, 0.2) is 35.9 Å². The summed E-state index contributed by atoms with van der Waals surface area (Å²) in [7, 11) is 0. The van der Waals surface area contributed by atoms with Gasteiger partial charge >= 0.3 is 5.97 Å². The summed E-state index contributed by atoms with van der Waals surface area (Å²) in [5.41, 5.74) is 3.33. The smallest absolute Gasteiger partial charge is 0.331 e. The summed E-state index contributed by atoms with van der Waals surface area (Å²) in [6.07, 6.45) is 6.89. The second kappa shape index (κ2) is 6.74. The van der Waals surface area contributed by atoms with E-state index in [4.69, 9.17) is 0 Å². The largest absolute Gasteiger partial charge is 0.478 e. The second-order valence-electron chi connectivity index (χ2n) is 5.83. The Balaban J connectivity index is 2.00. The molecule has 1 fully saturated rings. The molecule has 20 heavy (non-hydrogen) atoms. The van der Waals surface area contributed by atoms with Crippen LogP contribution in [0.2, 0.25) is 0 Å². The van der Waals surface area contributed by atoms with Crippen LogP contribution >= 0.6 is 0 Å². The molecule has 1 N–H and O–H groups in total. The third-order valence-corrected chi connectivity index (χ3v) is 4.39. The summed E-state index contributed by atoms with van der Waals surface area (Å²) in [6, 6.07) is 8.78. The first kappa shape index (κ1) is 14.8. The third-order valence-electron chi connectivity index (χ3n) is 4.39. The SMILES string of the molecule is CCC=C(C(=O)O)[C@H]1CC[C@H](c2ccc(C)cc2)CC1. The summed E-state index contributed by atoms with van der Waals surface area (Å²) >= 11 is 0. The van der Waals surface area contributed by atoms with E-state index in [9.17, 15) is 9.90 Å². The summed E-state index contributed by atoms with van der Waals surface area (Å²) in [5.74, 6) is 0.114. The average molecular weight is 272 g/mol. The van der Waals surface area contributed by atoms with Crippen LogP contribution in [0, 0.1) is 12.8 Å². The maximum Gasteiger partial charge on any atom is 0.331 e. The van der Waals surface area contributed by atoms with Crippen molar-refractivity contribution in [2.45, 2.75) is 51.9 Å². The molecule has 1 aromatic carbocycles. The third kappa shape index (κ3) is 3.50. The number of benzene rings is 1. The van der Waals surface area contributed by atoms with Crippen LogP contribution in [0.5, 0.6) is 0 Å². The average Bonchev–Trinajstić information content (AvgIpc) is 2.45. The molecule has 0 aliphatic heterocycles. The monoisotopic (exact) mass is 272 g/mol. The van der Waals surface area contributed by atoms with Crippen molar-refractivity contribution in [2.75, 3.05) is 0 Å². The maximum atomic E-state index is 11.3. The van der Waals surface area contributed by atoms with E-state index < -0.39 is 5.97 Å². The zero-order valence-electron chi connectivity index (χ0n) is 12.4. The lowest BCUT2D eigenvalue weighted by Crippen LogP contribution is -2.19. The van der Waals surface area contributed by atoms with Crippen LogP contribution in [0.1, 0.15) is 56.1 Å². The van der Waals surface area contributed by atoms with Gasteiger partial charge in [-0.3, -0.25) is 0 Å². The number of carbonyl (C=O) groups is 1. The molecule has 0 aromatic heterocycles. The summed E-state index contributed by atoms with van der Waals surface area (Å²) in [6.45, 7) is 4.11. The van der Waals surface area contributed by atoms with Crippen LogP contribution in [0.25, 0.3) is 0 Å². The fourth-order valence-corrected chi connectivity index (χ4v) is 3.22. The van der Waals surface area contributed by atoms with Crippen LogP contribution in [0.4, 0.5) is 0 Å². The van der Waals surface area contributed by atoms with E-state index in [2.05, 4.69) is 31.2 Å². The highest BCUT2D eigenvalue weighted by atomic mass is 16.4. The van der Waals surface area contributed by atoms with Gasteiger partial charge in [-0.1, -0.05) is 42.8 Å². The molecule has 0 heterocycles. The lowest BCUT2D eigenvalue weighted by atomic mass is 9.75. The molecule has 0 amide bonds. The summed E-state index contributed by atoms with van der Waals surface area (Å²) in [5, 5.41) is 9.30. The fourth-order valence-electron chi connectivity index (χ4n) is 3.22. The molecule has 108 valence electrons. The van der Waals surface area contributed by atoms with Gasteiger partial charge in [-0.15, -0.1) is 0 Å². The molecule has 2 rings (SSSR count). The highest BCUT2D eigenvalue weighted by Gasteiger charge is 2.27. The molecule has 1 aliphatic rings. The van der Waals surface area contributed by atoms with Crippen molar-refractivity contribution in [2.24, 2.45) is 5.92 Å². The van der Waals surface area contributed by atoms with Crippen LogP contribution in [-0.4, -0.2) is 11.1 Å². The van der Waals surface area contributed by atoms with E-state index >= 15 is 0 Å². The van der Waals surface area contributed by atoms with Crippen molar-refractivity contribution in [3.8, 4) is 0 Å². The maximum absolute atomic E-state index is 11.3. The first-order valence-electron chi connectivity index (χ1n) is 7.61. The first-order valence-corrected chi connectivity index (χ1v) is 7.61. The highest BCUT2D eigenvalue weighted by molar-refractivity contribution is 5.87. The molecule has 2 heteroatoms. The van der Waals surface area contributed by atoms with Crippen molar-refractivity contribution in [3.05, 3.63) is 47.0 Å². The summed E-state index contributed by atoms with van der Waals surface area (Å²) in [4.78, 5) is 11.3. The van der Waals surface area contributed by atoms with E-state index in [0.717, 1.165) is 32.1 Å². The number of rotatable bonds is 4. The van der Waals surface area contributed by atoms with Gasteiger partial charge in [0.05, 0.1) is 0 Å². The van der Waals surface area contributed by atoms with Crippen molar-refractivity contribution >= 4 is 5.97 Å². The molecule has 0 atom stereocenters. The molecule has 0 radical (unpaired) electrons. The molecule has 0 saturated heterocycles. The van der Waals surface area contributed by atoms with E-state index in [1.165, 1.54) is 11.1 Å². The minimum atomic E-state index is -0.731. The Kier molecular flexibility index (Phi) is 4.99. The van der Waals surface area contributed by atoms with Gasteiger partial charge < -0.3 is 5.11 Å². The van der Waals surface area contributed by atoms with Gasteiger partial charge in [-0.2, -0.15) is 0 Å². The van der Waals surface area contributed by atoms with E-state index in [-0.39, 0.29) is 5.92 Å². The second-order valence-corrected chi connectivity index (χ2v) is 5.83. The molecular formula is C18H24O2. The number of carboxylic acids is 1. The van der Waals surface area contributed by atoms with Gasteiger partial charge in [0.25, 0.3) is 0 Å². The molecule has 0 spiro atoms. The lowest BCUT2D eigenvalue weighted by Gasteiger charge is -2.29. The van der Waals surface area contributed by atoms with E-state index in [1.807, 2.05) is 13.0 Å². The topological polar surface area (TPSA) is 37.3 Å². The standard InChI is InChI=1S/C18H24O2/c1-3-4-17(18(19)20)16-11-9-15(10-12-16)14-7-5-13(2)6-8-14/h4-8,15-16H,3,9-12H2,1-2H3,(H,19,20)/t15-,16-. The van der Waals surface area contributed by atoms with Crippen molar-refractivity contribution in [3.63, 3.8) is 0 Å². The van der Waals surface area contributed by atoms with Gasteiger partial charge in [0.1, 0.15) is 0 Å². The van der Waals surface area contributed by atoms with E-state index in [0.29, 0.717) is 11.5 Å². The predicted molar refractivity (Wildman–Crippen MR) is 81.9 cm³/mol. The Morgan fingerprint density at radius 3 is 2.30 bits per heavy atom. The number of carboxylic acid groups (broad SMARTS) is 1. The Hall–Kier alpha value is -1.57. The molecule has 1 aromatic rings. The predicted octanol–water partition coefficient (Wildman–Crippen LogP) is 4.69. The van der Waals surface area contributed by atoms with Crippen molar-refractivity contribution in [1.29, 1.82) is 0 Å². The molecule has 2 nitrogen and oxygen atoms in total. The number of aliphatic carboxylic acids is 1. The van der Waals surface area contributed by atoms with E-state index in [1.54, 1.807) is 0 Å².